The Morgan fingerprint density at radius 3 is 2.62 bits per heavy atom. The van der Waals surface area contributed by atoms with Crippen LogP contribution >= 0.6 is 0 Å². The molecule has 1 aliphatic heterocycles. The van der Waals surface area contributed by atoms with Crippen molar-refractivity contribution in [1.29, 1.82) is 0 Å². The third-order valence-corrected chi connectivity index (χ3v) is 6.50. The van der Waals surface area contributed by atoms with Crippen LogP contribution in [0.4, 0.5) is 0 Å². The average Bonchev–Trinajstić information content (AvgIpc) is 3.35. The fraction of sp³-hybridized carbons (Fsp3) is 0.412. The first-order chi connectivity index (χ1) is 12.4. The number of hydrogen-bond acceptors (Lipinski definition) is 7. The zero-order valence-corrected chi connectivity index (χ0v) is 15.5. The maximum absolute atomic E-state index is 13.1. The molecule has 1 saturated heterocycles. The normalized spacial score (nSPS) is 18.7. The topological polar surface area (TPSA) is 103 Å². The van der Waals surface area contributed by atoms with Crippen molar-refractivity contribution in [2.24, 2.45) is 0 Å². The second kappa shape index (κ2) is 6.10. The van der Waals surface area contributed by atoms with Crippen molar-refractivity contribution in [2.45, 2.75) is 44.7 Å². The summed E-state index contributed by atoms with van der Waals surface area (Å²) in [7, 11) is -3.80. The summed E-state index contributed by atoms with van der Waals surface area (Å²) in [6.07, 6.45) is 1.45. The fourth-order valence-electron chi connectivity index (χ4n) is 3.21. The molecule has 26 heavy (non-hydrogen) atoms. The molecular formula is C17H19N3O5S. The van der Waals surface area contributed by atoms with E-state index in [-0.39, 0.29) is 11.1 Å². The molecule has 1 unspecified atom stereocenters. The molecule has 1 fully saturated rings. The van der Waals surface area contributed by atoms with Gasteiger partial charge in [0, 0.05) is 18.2 Å². The lowest BCUT2D eigenvalue weighted by atomic mass is 10.1. The largest absolute Gasteiger partial charge is 0.440 e. The summed E-state index contributed by atoms with van der Waals surface area (Å²) in [5, 5.41) is 7.75. The summed E-state index contributed by atoms with van der Waals surface area (Å²) in [5.41, 5.74) is 2.18. The monoisotopic (exact) mass is 377 g/mol. The molecule has 1 aliphatic rings. The van der Waals surface area contributed by atoms with Gasteiger partial charge in [0.15, 0.2) is 5.76 Å². The Hall–Kier alpha value is -2.39. The first-order valence-electron chi connectivity index (χ1n) is 8.36. The number of furan rings is 1. The van der Waals surface area contributed by atoms with Gasteiger partial charge in [-0.1, -0.05) is 10.3 Å². The molecule has 4 rings (SSSR count). The van der Waals surface area contributed by atoms with Gasteiger partial charge in [0.1, 0.15) is 11.5 Å². The molecule has 0 bridgehead atoms. The van der Waals surface area contributed by atoms with E-state index in [1.165, 1.54) is 10.4 Å². The molecule has 138 valence electrons. The van der Waals surface area contributed by atoms with Crippen LogP contribution < -0.4 is 0 Å². The lowest BCUT2D eigenvalue weighted by Gasteiger charge is -2.20. The fourth-order valence-corrected chi connectivity index (χ4v) is 4.79. The van der Waals surface area contributed by atoms with Crippen molar-refractivity contribution in [3.05, 3.63) is 40.9 Å². The molecule has 0 radical (unpaired) electrons. The summed E-state index contributed by atoms with van der Waals surface area (Å²) in [5.74, 6) is 1.43. The molecule has 1 atom stereocenters. The van der Waals surface area contributed by atoms with Crippen molar-refractivity contribution in [2.75, 3.05) is 6.54 Å². The van der Waals surface area contributed by atoms with Crippen molar-refractivity contribution < 1.29 is 21.9 Å². The number of nitrogens with zero attached hydrogens (tertiary/aromatic N) is 3. The molecule has 3 aromatic heterocycles. The third kappa shape index (κ3) is 2.67. The molecule has 0 aromatic carbocycles. The number of rotatable bonds is 4. The van der Waals surface area contributed by atoms with Gasteiger partial charge in [0.25, 0.3) is 10.0 Å². The van der Waals surface area contributed by atoms with Crippen LogP contribution in [0.3, 0.4) is 0 Å². The molecule has 0 N–H and O–H groups in total. The molecule has 0 saturated carbocycles. The van der Waals surface area contributed by atoms with Crippen molar-refractivity contribution in [3.8, 4) is 11.5 Å². The van der Waals surface area contributed by atoms with E-state index in [1.54, 1.807) is 19.1 Å². The van der Waals surface area contributed by atoms with Crippen LogP contribution in [0.15, 0.2) is 36.8 Å². The van der Waals surface area contributed by atoms with E-state index in [1.807, 2.05) is 13.8 Å². The van der Waals surface area contributed by atoms with Crippen molar-refractivity contribution in [1.82, 2.24) is 14.6 Å². The Bertz CT molecular complexity index is 1050. The van der Waals surface area contributed by atoms with Crippen LogP contribution in [0.25, 0.3) is 11.5 Å². The SMILES string of the molecule is Cc1cc(C2CCCN2S(=O)(=O)c2ccc(-c3onc(C)c3C)o2)no1. The summed E-state index contributed by atoms with van der Waals surface area (Å²) in [6.45, 7) is 5.86. The van der Waals surface area contributed by atoms with Gasteiger partial charge in [-0.15, -0.1) is 0 Å². The summed E-state index contributed by atoms with van der Waals surface area (Å²) in [4.78, 5) is 0. The van der Waals surface area contributed by atoms with E-state index in [0.29, 0.717) is 35.9 Å². The standard InChI is InChI=1S/C17H19N3O5S/c1-10-9-13(19-24-10)14-5-4-8-20(14)26(21,22)16-7-6-15(23-16)17-11(2)12(3)18-25-17/h6-7,9,14H,4-5,8H2,1-3H3. The van der Waals surface area contributed by atoms with Crippen LogP contribution in [0.1, 0.15) is 41.6 Å². The zero-order chi connectivity index (χ0) is 18.5. The van der Waals surface area contributed by atoms with E-state index in [2.05, 4.69) is 10.3 Å². The Labute approximate surface area is 150 Å². The third-order valence-electron chi connectivity index (χ3n) is 4.72. The molecule has 4 heterocycles. The zero-order valence-electron chi connectivity index (χ0n) is 14.7. The average molecular weight is 377 g/mol. The van der Waals surface area contributed by atoms with Crippen LogP contribution in [0.5, 0.6) is 0 Å². The molecular weight excluding hydrogens is 358 g/mol. The second-order valence-corrected chi connectivity index (χ2v) is 8.30. The highest BCUT2D eigenvalue weighted by Crippen LogP contribution is 2.37. The quantitative estimate of drug-likeness (QED) is 0.686. The van der Waals surface area contributed by atoms with Crippen LogP contribution in [0, 0.1) is 20.8 Å². The second-order valence-electron chi connectivity index (χ2n) is 6.48. The Kier molecular flexibility index (Phi) is 4.00. The minimum absolute atomic E-state index is 0.118. The first kappa shape index (κ1) is 17.0. The van der Waals surface area contributed by atoms with Gasteiger partial charge in [-0.25, -0.2) is 8.42 Å². The number of aryl methyl sites for hydroxylation is 2. The molecule has 3 aromatic rings. The van der Waals surface area contributed by atoms with Gasteiger partial charge in [0.2, 0.25) is 10.9 Å². The summed E-state index contributed by atoms with van der Waals surface area (Å²) in [6, 6.07) is 4.46. The smallest absolute Gasteiger partial charge is 0.277 e. The van der Waals surface area contributed by atoms with E-state index in [0.717, 1.165) is 17.7 Å². The van der Waals surface area contributed by atoms with Crippen molar-refractivity contribution >= 4 is 10.0 Å². The first-order valence-corrected chi connectivity index (χ1v) is 9.80. The minimum Gasteiger partial charge on any atom is -0.440 e. The van der Waals surface area contributed by atoms with E-state index >= 15 is 0 Å². The van der Waals surface area contributed by atoms with Gasteiger partial charge < -0.3 is 13.5 Å². The maximum atomic E-state index is 13.1. The van der Waals surface area contributed by atoms with Crippen LogP contribution in [-0.4, -0.2) is 29.6 Å². The molecule has 9 heteroatoms. The molecule has 8 nitrogen and oxygen atoms in total. The Balaban J connectivity index is 1.67. The van der Waals surface area contributed by atoms with Gasteiger partial charge >= 0.3 is 0 Å². The lowest BCUT2D eigenvalue weighted by Crippen LogP contribution is -2.30. The number of sulfonamides is 1. The van der Waals surface area contributed by atoms with Gasteiger partial charge in [-0.3, -0.25) is 0 Å². The van der Waals surface area contributed by atoms with E-state index in [9.17, 15) is 8.42 Å². The highest BCUT2D eigenvalue weighted by atomic mass is 32.2. The minimum atomic E-state index is -3.80. The van der Waals surface area contributed by atoms with Gasteiger partial charge in [0.05, 0.1) is 11.7 Å². The number of hydrogen-bond donors (Lipinski definition) is 0. The maximum Gasteiger partial charge on any atom is 0.277 e. The predicted molar refractivity (Wildman–Crippen MR) is 90.8 cm³/mol. The molecule has 0 aliphatic carbocycles. The van der Waals surface area contributed by atoms with Crippen molar-refractivity contribution in [3.63, 3.8) is 0 Å². The van der Waals surface area contributed by atoms with Crippen LogP contribution in [-0.2, 0) is 10.0 Å². The lowest BCUT2D eigenvalue weighted by molar-refractivity contribution is 0.339. The highest BCUT2D eigenvalue weighted by molar-refractivity contribution is 7.89. The Morgan fingerprint density at radius 1 is 1.15 bits per heavy atom. The van der Waals surface area contributed by atoms with E-state index in [4.69, 9.17) is 13.5 Å². The van der Waals surface area contributed by atoms with Gasteiger partial charge in [-0.2, -0.15) is 4.31 Å². The predicted octanol–water partition coefficient (Wildman–Crippen LogP) is 3.37. The molecule has 0 spiro atoms. The van der Waals surface area contributed by atoms with E-state index < -0.39 is 10.0 Å². The molecule has 0 amide bonds. The Morgan fingerprint density at radius 2 is 1.96 bits per heavy atom. The summed E-state index contributed by atoms with van der Waals surface area (Å²) < 4.78 is 43.6. The highest BCUT2D eigenvalue weighted by Gasteiger charge is 2.39. The van der Waals surface area contributed by atoms with Gasteiger partial charge in [-0.05, 0) is 45.7 Å². The van der Waals surface area contributed by atoms with Crippen LogP contribution in [0.2, 0.25) is 0 Å². The summed E-state index contributed by atoms with van der Waals surface area (Å²) >= 11 is 0. The number of aromatic nitrogens is 2.